The van der Waals surface area contributed by atoms with Crippen molar-refractivity contribution in [1.29, 1.82) is 0 Å². The van der Waals surface area contributed by atoms with E-state index in [0.29, 0.717) is 20.8 Å². The van der Waals surface area contributed by atoms with E-state index in [1.807, 2.05) is 47.8 Å². The van der Waals surface area contributed by atoms with Crippen molar-refractivity contribution in [2.45, 2.75) is 18.0 Å². The molecule has 10 heteroatoms. The molecule has 0 unspecified atom stereocenters. The molecule has 2 aromatic carbocycles. The van der Waals surface area contributed by atoms with Crippen molar-refractivity contribution in [3.05, 3.63) is 96.0 Å². The van der Waals surface area contributed by atoms with E-state index in [1.54, 1.807) is 17.4 Å². The van der Waals surface area contributed by atoms with Gasteiger partial charge in [-0.3, -0.25) is 14.2 Å². The number of carbonyl (C=O) groups excluding carboxylic acids is 1. The molecule has 0 spiro atoms. The molecular weight excluding hydrogens is 505 g/mol. The first kappa shape index (κ1) is 23.5. The van der Waals surface area contributed by atoms with Crippen molar-refractivity contribution in [2.24, 2.45) is 0 Å². The summed E-state index contributed by atoms with van der Waals surface area (Å²) >= 11 is 4.22. The lowest BCUT2D eigenvalue weighted by atomic mass is 10.2. The molecule has 0 fully saturated rings. The summed E-state index contributed by atoms with van der Waals surface area (Å²) < 4.78 is 23.3. The maximum absolute atomic E-state index is 13.8. The maximum Gasteiger partial charge on any atom is 0.325 e. The third-order valence-electron chi connectivity index (χ3n) is 5.57. The highest BCUT2D eigenvalue weighted by molar-refractivity contribution is 8.08. The van der Waals surface area contributed by atoms with E-state index in [0.717, 1.165) is 21.2 Å². The number of rotatable bonds is 5. The molecule has 0 bridgehead atoms. The summed E-state index contributed by atoms with van der Waals surface area (Å²) in [4.78, 5) is 28.3. The van der Waals surface area contributed by atoms with Crippen LogP contribution < -0.4 is 24.2 Å². The largest absolute Gasteiger partial charge is 0.468 e. The molecule has 1 aliphatic heterocycles. The fourth-order valence-electron chi connectivity index (χ4n) is 3.79. The molecule has 0 aliphatic carbocycles. The highest BCUT2D eigenvalue weighted by atomic mass is 32.2. The highest BCUT2D eigenvalue weighted by Crippen LogP contribution is 2.45. The molecule has 4 aromatic rings. The minimum atomic E-state index is -0.503. The number of halogens is 1. The number of nitrogens with zero attached hydrogens (tertiary/aromatic N) is 3. The van der Waals surface area contributed by atoms with Crippen LogP contribution in [0.15, 0.2) is 69.8 Å². The Bertz CT molecular complexity index is 1590. The third kappa shape index (κ3) is 4.69. The van der Waals surface area contributed by atoms with Gasteiger partial charge in [0.15, 0.2) is 12.7 Å². The van der Waals surface area contributed by atoms with Crippen molar-refractivity contribution in [3.8, 4) is 0 Å². The van der Waals surface area contributed by atoms with Crippen molar-refractivity contribution >= 4 is 57.2 Å². The van der Waals surface area contributed by atoms with Gasteiger partial charge in [0.2, 0.25) is 0 Å². The average molecular weight is 527 g/mol. The van der Waals surface area contributed by atoms with Crippen molar-refractivity contribution < 1.29 is 18.5 Å². The molecular formula is C25H21FN3O3S3+. The van der Waals surface area contributed by atoms with E-state index in [1.165, 1.54) is 46.9 Å². The van der Waals surface area contributed by atoms with E-state index in [9.17, 15) is 14.0 Å². The van der Waals surface area contributed by atoms with E-state index in [2.05, 4.69) is 16.7 Å². The summed E-state index contributed by atoms with van der Waals surface area (Å²) in [6.45, 7) is 0.497. The molecule has 6 nitrogen and oxygen atoms in total. The monoisotopic (exact) mass is 526 g/mol. The summed E-state index contributed by atoms with van der Waals surface area (Å²) in [5, 5.41) is 3.65. The first-order valence-electron chi connectivity index (χ1n) is 10.7. The average Bonchev–Trinajstić information content (AvgIpc) is 3.51. The Morgan fingerprint density at radius 3 is 2.77 bits per heavy atom. The lowest BCUT2D eigenvalue weighted by molar-refractivity contribution is -0.685. The van der Waals surface area contributed by atoms with Gasteiger partial charge in [0.1, 0.15) is 26.6 Å². The van der Waals surface area contributed by atoms with Crippen LogP contribution in [0.2, 0.25) is 0 Å². The van der Waals surface area contributed by atoms with Crippen LogP contribution in [0, 0.1) is 5.82 Å². The van der Waals surface area contributed by atoms with Crippen LogP contribution in [-0.4, -0.2) is 24.7 Å². The van der Waals surface area contributed by atoms with Crippen LogP contribution >= 0.6 is 34.4 Å². The molecule has 0 saturated carbocycles. The van der Waals surface area contributed by atoms with Gasteiger partial charge in [0.25, 0.3) is 10.6 Å². The van der Waals surface area contributed by atoms with Crippen LogP contribution in [0.25, 0.3) is 11.1 Å². The van der Waals surface area contributed by atoms with Crippen LogP contribution in [0.4, 0.5) is 10.1 Å². The SMILES string of the molecule is COC(=O)Cn1c(=O)/c(=C2\Sc3cc(F)ccc3N2C)s/c1=C\c1scc[n+]1Cc1ccccc1. The topological polar surface area (TPSA) is 55.4 Å². The van der Waals surface area contributed by atoms with Crippen LogP contribution in [0.5, 0.6) is 0 Å². The van der Waals surface area contributed by atoms with Crippen molar-refractivity contribution in [1.82, 2.24) is 4.57 Å². The summed E-state index contributed by atoms with van der Waals surface area (Å²) in [6.07, 6.45) is 3.93. The summed E-state index contributed by atoms with van der Waals surface area (Å²) in [5.74, 6) is -0.827. The van der Waals surface area contributed by atoms with Gasteiger partial charge in [-0.1, -0.05) is 53.4 Å². The number of hydrogen-bond acceptors (Lipinski definition) is 7. The number of thiazole rings is 2. The second-order valence-electron chi connectivity index (χ2n) is 7.81. The fraction of sp³-hybridized carbons (Fsp3) is 0.160. The summed E-state index contributed by atoms with van der Waals surface area (Å²) in [6, 6.07) is 14.7. The minimum absolute atomic E-state index is 0.190. The normalized spacial score (nSPS) is 14.9. The van der Waals surface area contributed by atoms with Gasteiger partial charge in [0.05, 0.1) is 24.3 Å². The van der Waals surface area contributed by atoms with Crippen molar-refractivity contribution in [3.63, 3.8) is 0 Å². The fourth-order valence-corrected chi connectivity index (χ4v) is 7.06. The van der Waals surface area contributed by atoms with Gasteiger partial charge in [-0.25, -0.2) is 4.39 Å². The van der Waals surface area contributed by atoms with Gasteiger partial charge in [-0.05, 0) is 18.2 Å². The number of anilines is 1. The molecule has 1 aliphatic rings. The first-order valence-corrected chi connectivity index (χ1v) is 13.2. The molecule has 3 heterocycles. The molecule has 5 rings (SSSR count). The Labute approximate surface area is 212 Å². The zero-order chi connectivity index (χ0) is 24.5. The van der Waals surface area contributed by atoms with Gasteiger partial charge in [0, 0.05) is 17.5 Å². The predicted octanol–water partition coefficient (Wildman–Crippen LogP) is 2.76. The van der Waals surface area contributed by atoms with E-state index >= 15 is 0 Å². The van der Waals surface area contributed by atoms with Crippen LogP contribution in [-0.2, 0) is 22.6 Å². The standard InChI is InChI=1S/C25H21FN3O3S3/c1-27-18-9-8-17(26)12-19(18)34-25(27)23-24(31)29(15-22(30)32-2)21(35-23)13-20-28(10-11-33-20)14-16-6-4-3-5-7-16/h3-13H,14-15H2,1-2H3/q+1/b25-23+. The molecule has 35 heavy (non-hydrogen) atoms. The van der Waals surface area contributed by atoms with Gasteiger partial charge < -0.3 is 9.64 Å². The number of esters is 1. The zero-order valence-electron chi connectivity index (χ0n) is 18.9. The quantitative estimate of drug-likeness (QED) is 0.296. The Kier molecular flexibility index (Phi) is 6.59. The van der Waals surface area contributed by atoms with E-state index < -0.39 is 5.97 Å². The lowest BCUT2D eigenvalue weighted by Gasteiger charge is -2.12. The Morgan fingerprint density at radius 2 is 2.00 bits per heavy atom. The molecule has 2 aromatic heterocycles. The number of hydrogen-bond donors (Lipinski definition) is 0. The molecule has 0 saturated heterocycles. The molecule has 0 N–H and O–H groups in total. The molecule has 0 amide bonds. The second-order valence-corrected chi connectivity index (χ2v) is 10.8. The number of methoxy groups -OCH3 is 1. The van der Waals surface area contributed by atoms with Gasteiger partial charge in [-0.2, -0.15) is 4.57 Å². The maximum atomic E-state index is 13.8. The Hall–Kier alpha value is -3.21. The van der Waals surface area contributed by atoms with Crippen molar-refractivity contribution in [2.75, 3.05) is 19.1 Å². The summed E-state index contributed by atoms with van der Waals surface area (Å²) in [5.41, 5.74) is 1.72. The Morgan fingerprint density at radius 1 is 1.20 bits per heavy atom. The smallest absolute Gasteiger partial charge is 0.325 e. The zero-order valence-corrected chi connectivity index (χ0v) is 21.4. The number of carbonyl (C=O) groups is 1. The highest BCUT2D eigenvalue weighted by Gasteiger charge is 2.26. The minimum Gasteiger partial charge on any atom is -0.468 e. The van der Waals surface area contributed by atoms with E-state index in [4.69, 9.17) is 4.74 Å². The van der Waals surface area contributed by atoms with E-state index in [-0.39, 0.29) is 17.9 Å². The Balaban J connectivity index is 1.64. The predicted molar refractivity (Wildman–Crippen MR) is 138 cm³/mol. The molecule has 0 atom stereocenters. The van der Waals surface area contributed by atoms with Gasteiger partial charge in [-0.15, -0.1) is 11.3 Å². The van der Waals surface area contributed by atoms with Gasteiger partial charge >= 0.3 is 5.97 Å². The number of aromatic nitrogens is 2. The van der Waals surface area contributed by atoms with Crippen LogP contribution in [0.3, 0.4) is 0 Å². The number of fused-ring (bicyclic) bond motifs is 1. The summed E-state index contributed by atoms with van der Waals surface area (Å²) in [7, 11) is 3.16. The van der Waals surface area contributed by atoms with Crippen LogP contribution in [0.1, 0.15) is 10.6 Å². The number of thioether (sulfide) groups is 1. The third-order valence-corrected chi connectivity index (χ3v) is 8.89. The molecule has 178 valence electrons. The molecule has 0 radical (unpaired) electrons. The number of benzene rings is 2. The second kappa shape index (κ2) is 9.80. The lowest BCUT2D eigenvalue weighted by Crippen LogP contribution is -2.37. The number of ether oxygens (including phenoxy) is 1. The first-order chi connectivity index (χ1) is 16.9.